The van der Waals surface area contributed by atoms with E-state index in [0.29, 0.717) is 12.1 Å². The molecule has 1 saturated heterocycles. The SMILES string of the molecule is O=C1N[C@@H]2CCCC[C@H]2NC12CCCC2. The van der Waals surface area contributed by atoms with Crippen LogP contribution in [0.3, 0.4) is 0 Å². The van der Waals surface area contributed by atoms with E-state index in [2.05, 4.69) is 10.6 Å². The number of hydrogen-bond acceptors (Lipinski definition) is 2. The number of carbonyl (C=O) groups excluding carboxylic acids is 1. The molecule has 3 fully saturated rings. The van der Waals surface area contributed by atoms with Crippen molar-refractivity contribution in [3.8, 4) is 0 Å². The molecule has 2 saturated carbocycles. The zero-order chi connectivity index (χ0) is 10.3. The van der Waals surface area contributed by atoms with Gasteiger partial charge in [0.1, 0.15) is 0 Å². The van der Waals surface area contributed by atoms with Crippen molar-refractivity contribution >= 4 is 5.91 Å². The lowest BCUT2D eigenvalue weighted by atomic mass is 9.82. The van der Waals surface area contributed by atoms with Crippen molar-refractivity contribution in [2.45, 2.75) is 69.0 Å². The van der Waals surface area contributed by atoms with Crippen LogP contribution < -0.4 is 10.6 Å². The van der Waals surface area contributed by atoms with Crippen LogP contribution in [-0.2, 0) is 4.79 Å². The molecule has 3 nitrogen and oxygen atoms in total. The quantitative estimate of drug-likeness (QED) is 0.630. The molecule has 1 heterocycles. The number of nitrogens with one attached hydrogen (secondary N) is 2. The maximum absolute atomic E-state index is 12.1. The lowest BCUT2D eigenvalue weighted by Crippen LogP contribution is -2.70. The minimum absolute atomic E-state index is 0.182. The van der Waals surface area contributed by atoms with Gasteiger partial charge in [0.2, 0.25) is 5.91 Å². The Kier molecular flexibility index (Phi) is 2.23. The van der Waals surface area contributed by atoms with Crippen LogP contribution in [0, 0.1) is 0 Å². The minimum atomic E-state index is -0.182. The molecule has 3 heteroatoms. The van der Waals surface area contributed by atoms with Crippen molar-refractivity contribution in [1.82, 2.24) is 10.6 Å². The van der Waals surface area contributed by atoms with Gasteiger partial charge in [0, 0.05) is 12.1 Å². The Morgan fingerprint density at radius 1 is 1.00 bits per heavy atom. The lowest BCUT2D eigenvalue weighted by molar-refractivity contribution is -0.132. The van der Waals surface area contributed by atoms with E-state index in [9.17, 15) is 4.79 Å². The first-order valence-corrected chi connectivity index (χ1v) is 6.39. The van der Waals surface area contributed by atoms with Crippen LogP contribution in [0.1, 0.15) is 51.4 Å². The standard InChI is InChI=1S/C12H20N2O/c15-11-12(7-3-4-8-12)14-10-6-2-1-5-9(10)13-11/h9-10,14H,1-8H2,(H,13,15)/t9-,10-/m1/s1. The van der Waals surface area contributed by atoms with Crippen LogP contribution in [0.2, 0.25) is 0 Å². The highest BCUT2D eigenvalue weighted by Crippen LogP contribution is 2.35. The van der Waals surface area contributed by atoms with E-state index in [1.807, 2.05) is 0 Å². The van der Waals surface area contributed by atoms with Gasteiger partial charge >= 0.3 is 0 Å². The first kappa shape index (κ1) is 9.64. The molecule has 84 valence electrons. The Hall–Kier alpha value is -0.570. The third kappa shape index (κ3) is 1.48. The van der Waals surface area contributed by atoms with Gasteiger partial charge in [-0.25, -0.2) is 0 Å². The summed E-state index contributed by atoms with van der Waals surface area (Å²) in [6, 6.07) is 0.965. The van der Waals surface area contributed by atoms with E-state index in [1.165, 1.54) is 38.5 Å². The zero-order valence-electron chi connectivity index (χ0n) is 9.22. The van der Waals surface area contributed by atoms with Crippen LogP contribution in [0.5, 0.6) is 0 Å². The Balaban J connectivity index is 1.79. The normalized spacial score (nSPS) is 38.8. The molecule has 1 amide bonds. The summed E-state index contributed by atoms with van der Waals surface area (Å²) in [5.41, 5.74) is -0.182. The van der Waals surface area contributed by atoms with Crippen molar-refractivity contribution < 1.29 is 4.79 Å². The van der Waals surface area contributed by atoms with Gasteiger partial charge in [0.15, 0.2) is 0 Å². The Bertz CT molecular complexity index is 271. The summed E-state index contributed by atoms with van der Waals surface area (Å²) in [5.74, 6) is 0.281. The number of carbonyl (C=O) groups is 1. The number of fused-ring (bicyclic) bond motifs is 1. The van der Waals surface area contributed by atoms with Crippen molar-refractivity contribution in [2.24, 2.45) is 0 Å². The molecular weight excluding hydrogens is 188 g/mol. The highest BCUT2D eigenvalue weighted by molar-refractivity contribution is 5.88. The molecule has 0 bridgehead atoms. The molecule has 1 spiro atoms. The van der Waals surface area contributed by atoms with E-state index in [1.54, 1.807) is 0 Å². The first-order valence-electron chi connectivity index (χ1n) is 6.39. The van der Waals surface area contributed by atoms with Crippen molar-refractivity contribution in [3.63, 3.8) is 0 Å². The van der Waals surface area contributed by atoms with E-state index in [0.717, 1.165) is 12.8 Å². The summed E-state index contributed by atoms with van der Waals surface area (Å²) in [6.07, 6.45) is 9.50. The molecule has 15 heavy (non-hydrogen) atoms. The van der Waals surface area contributed by atoms with Crippen LogP contribution in [0.25, 0.3) is 0 Å². The average molecular weight is 208 g/mol. The molecule has 0 unspecified atom stereocenters. The Labute approximate surface area is 91.0 Å². The highest BCUT2D eigenvalue weighted by atomic mass is 16.2. The Morgan fingerprint density at radius 3 is 2.40 bits per heavy atom. The monoisotopic (exact) mass is 208 g/mol. The fourth-order valence-electron chi connectivity index (χ4n) is 3.55. The summed E-state index contributed by atoms with van der Waals surface area (Å²) in [4.78, 5) is 12.1. The molecule has 0 aromatic rings. The topological polar surface area (TPSA) is 41.1 Å². The van der Waals surface area contributed by atoms with Crippen LogP contribution in [-0.4, -0.2) is 23.5 Å². The van der Waals surface area contributed by atoms with Crippen molar-refractivity contribution in [2.75, 3.05) is 0 Å². The molecular formula is C12H20N2O. The second-order valence-electron chi connectivity index (χ2n) is 5.40. The number of amides is 1. The lowest BCUT2D eigenvalue weighted by Gasteiger charge is -2.45. The molecule has 2 atom stereocenters. The van der Waals surface area contributed by atoms with Gasteiger partial charge < -0.3 is 5.32 Å². The maximum Gasteiger partial charge on any atom is 0.240 e. The predicted molar refractivity (Wildman–Crippen MR) is 58.5 cm³/mol. The summed E-state index contributed by atoms with van der Waals surface area (Å²) in [6.45, 7) is 0. The molecule has 1 aliphatic heterocycles. The molecule has 0 aromatic carbocycles. The summed E-state index contributed by atoms with van der Waals surface area (Å²) in [5, 5.41) is 6.92. The van der Waals surface area contributed by atoms with Gasteiger partial charge in [-0.2, -0.15) is 0 Å². The molecule has 0 radical (unpaired) electrons. The third-order valence-electron chi connectivity index (χ3n) is 4.44. The third-order valence-corrected chi connectivity index (χ3v) is 4.44. The number of hydrogen-bond donors (Lipinski definition) is 2. The molecule has 0 aromatic heterocycles. The van der Waals surface area contributed by atoms with E-state index >= 15 is 0 Å². The smallest absolute Gasteiger partial charge is 0.240 e. The van der Waals surface area contributed by atoms with Crippen LogP contribution >= 0.6 is 0 Å². The second kappa shape index (κ2) is 3.48. The fourth-order valence-corrected chi connectivity index (χ4v) is 3.55. The molecule has 2 aliphatic carbocycles. The van der Waals surface area contributed by atoms with Crippen LogP contribution in [0.15, 0.2) is 0 Å². The molecule has 2 N–H and O–H groups in total. The molecule has 3 rings (SSSR count). The van der Waals surface area contributed by atoms with E-state index in [4.69, 9.17) is 0 Å². The summed E-state index contributed by atoms with van der Waals surface area (Å²) < 4.78 is 0. The van der Waals surface area contributed by atoms with Gasteiger partial charge in [-0.3, -0.25) is 10.1 Å². The second-order valence-corrected chi connectivity index (χ2v) is 5.40. The van der Waals surface area contributed by atoms with Gasteiger partial charge in [-0.05, 0) is 25.7 Å². The molecule has 3 aliphatic rings. The summed E-state index contributed by atoms with van der Waals surface area (Å²) in [7, 11) is 0. The number of rotatable bonds is 0. The number of piperazine rings is 1. The van der Waals surface area contributed by atoms with Gasteiger partial charge in [0.05, 0.1) is 5.54 Å². The van der Waals surface area contributed by atoms with E-state index in [-0.39, 0.29) is 11.4 Å². The first-order chi connectivity index (χ1) is 7.30. The van der Waals surface area contributed by atoms with Crippen molar-refractivity contribution in [1.29, 1.82) is 0 Å². The highest BCUT2D eigenvalue weighted by Gasteiger charge is 2.48. The zero-order valence-corrected chi connectivity index (χ0v) is 9.22. The Morgan fingerprint density at radius 2 is 1.67 bits per heavy atom. The van der Waals surface area contributed by atoms with Gasteiger partial charge in [-0.1, -0.05) is 25.7 Å². The van der Waals surface area contributed by atoms with Gasteiger partial charge in [-0.15, -0.1) is 0 Å². The summed E-state index contributed by atoms with van der Waals surface area (Å²) >= 11 is 0. The predicted octanol–water partition coefficient (Wildman–Crippen LogP) is 1.33. The largest absolute Gasteiger partial charge is 0.350 e. The van der Waals surface area contributed by atoms with Crippen molar-refractivity contribution in [3.05, 3.63) is 0 Å². The fraction of sp³-hybridized carbons (Fsp3) is 0.917. The maximum atomic E-state index is 12.1. The minimum Gasteiger partial charge on any atom is -0.350 e. The van der Waals surface area contributed by atoms with Gasteiger partial charge in [0.25, 0.3) is 0 Å². The van der Waals surface area contributed by atoms with Crippen LogP contribution in [0.4, 0.5) is 0 Å². The average Bonchev–Trinajstić information content (AvgIpc) is 2.70. The van der Waals surface area contributed by atoms with E-state index < -0.39 is 0 Å².